The molecule has 0 aliphatic carbocycles. The molecule has 0 radical (unpaired) electrons. The van der Waals surface area contributed by atoms with Gasteiger partial charge in [0.1, 0.15) is 18.7 Å². The maximum Gasteiger partial charge on any atom is 0.134 e. The number of halogens is 1. The molecule has 1 saturated heterocycles. The van der Waals surface area contributed by atoms with Gasteiger partial charge in [0, 0.05) is 0 Å². The number of rotatable bonds is 1. The molecule has 84 valence electrons. The Morgan fingerprint density at radius 1 is 1.27 bits per heavy atom. The topological polar surface area (TPSA) is 13.7 Å². The van der Waals surface area contributed by atoms with Gasteiger partial charge in [0.05, 0.1) is 13.7 Å². The molecule has 1 aliphatic rings. The normalized spacial score (nSPS) is 30.7. The number of nitrogens with one attached hydrogen (secondary N) is 1. The maximum atomic E-state index is 5.83. The molecule has 0 saturated carbocycles. The molecule has 0 spiro atoms. The second kappa shape index (κ2) is 5.50. The Labute approximate surface area is 97.6 Å². The summed E-state index contributed by atoms with van der Waals surface area (Å²) in [6.07, 6.45) is 0.268. The number of quaternary nitrogens is 1. The van der Waals surface area contributed by atoms with Crippen molar-refractivity contribution in [3.8, 4) is 0 Å². The molecular weight excluding hydrogens is 210 g/mol. The van der Waals surface area contributed by atoms with E-state index < -0.39 is 0 Å². The minimum Gasteiger partial charge on any atom is -1.00 e. The van der Waals surface area contributed by atoms with E-state index in [2.05, 4.69) is 38.2 Å². The number of hydrogen-bond donors (Lipinski definition) is 1. The fourth-order valence-electron chi connectivity index (χ4n) is 2.00. The first kappa shape index (κ1) is 12.5. The van der Waals surface area contributed by atoms with Gasteiger partial charge in [-0.05, 0) is 12.5 Å². The van der Waals surface area contributed by atoms with Gasteiger partial charge in [-0.2, -0.15) is 0 Å². The van der Waals surface area contributed by atoms with Gasteiger partial charge in [-0.25, -0.2) is 0 Å². The lowest BCUT2D eigenvalue weighted by molar-refractivity contribution is -0.918. The Balaban J connectivity index is 0.00000112. The minimum absolute atomic E-state index is 0. The highest BCUT2D eigenvalue weighted by Gasteiger charge is 2.30. The first-order chi connectivity index (χ1) is 6.79. The molecule has 1 fully saturated rings. The van der Waals surface area contributed by atoms with Crippen molar-refractivity contribution in [1.29, 1.82) is 0 Å². The largest absolute Gasteiger partial charge is 1.00 e. The summed E-state index contributed by atoms with van der Waals surface area (Å²) >= 11 is 0. The van der Waals surface area contributed by atoms with Crippen LogP contribution in [0.25, 0.3) is 0 Å². The van der Waals surface area contributed by atoms with Crippen LogP contribution in [0.4, 0.5) is 0 Å². The molecule has 15 heavy (non-hydrogen) atoms. The van der Waals surface area contributed by atoms with Gasteiger partial charge < -0.3 is 22.0 Å². The van der Waals surface area contributed by atoms with E-state index in [0.29, 0.717) is 6.04 Å². The standard InChI is InChI=1S/C12H17NO.ClH/c1-10-12(14-9-8-13(10)2)11-6-4-3-5-7-11;/h3-7,10,12H,8-9H2,1-2H3;1H/t10-,12+;/m0./s1. The lowest BCUT2D eigenvalue weighted by Gasteiger charge is -2.34. The highest BCUT2D eigenvalue weighted by Crippen LogP contribution is 2.20. The van der Waals surface area contributed by atoms with E-state index in [1.165, 1.54) is 5.56 Å². The van der Waals surface area contributed by atoms with E-state index in [9.17, 15) is 0 Å². The van der Waals surface area contributed by atoms with Crippen LogP contribution in [0.5, 0.6) is 0 Å². The van der Waals surface area contributed by atoms with Gasteiger partial charge in [-0.15, -0.1) is 0 Å². The third-order valence-corrected chi connectivity index (χ3v) is 3.15. The third kappa shape index (κ3) is 2.71. The second-order valence-corrected chi connectivity index (χ2v) is 4.09. The average molecular weight is 228 g/mol. The number of morpholine rings is 1. The molecule has 1 aromatic rings. The Bertz CT molecular complexity index is 291. The van der Waals surface area contributed by atoms with E-state index in [4.69, 9.17) is 4.74 Å². The number of hydrogen-bond acceptors (Lipinski definition) is 1. The highest BCUT2D eigenvalue weighted by atomic mass is 35.5. The van der Waals surface area contributed by atoms with Crippen LogP contribution in [0.1, 0.15) is 18.6 Å². The van der Waals surface area contributed by atoms with Crippen molar-refractivity contribution >= 4 is 0 Å². The molecule has 0 amide bonds. The molecule has 0 bridgehead atoms. The molecule has 0 aromatic heterocycles. The van der Waals surface area contributed by atoms with E-state index in [0.717, 1.165) is 13.2 Å². The SMILES string of the molecule is C[C@H]1[C@H](c2ccccc2)OCC[NH+]1C.[Cl-]. The zero-order valence-electron chi connectivity index (χ0n) is 9.24. The summed E-state index contributed by atoms with van der Waals surface area (Å²) in [5, 5.41) is 0. The molecule has 1 heterocycles. The number of benzene rings is 1. The molecule has 2 rings (SSSR count). The summed E-state index contributed by atoms with van der Waals surface area (Å²) in [6.45, 7) is 4.24. The van der Waals surface area contributed by atoms with E-state index in [1.807, 2.05) is 6.07 Å². The van der Waals surface area contributed by atoms with Crippen molar-refractivity contribution in [3.63, 3.8) is 0 Å². The third-order valence-electron chi connectivity index (χ3n) is 3.15. The number of likely N-dealkylation sites (N-methyl/N-ethyl adjacent to an activating group) is 1. The summed E-state index contributed by atoms with van der Waals surface area (Å²) in [5.41, 5.74) is 1.30. The van der Waals surface area contributed by atoms with Crippen LogP contribution in [0.15, 0.2) is 30.3 Å². The number of ether oxygens (including phenoxy) is 1. The summed E-state index contributed by atoms with van der Waals surface area (Å²) < 4.78 is 5.83. The molecular formula is C12H18ClNO. The van der Waals surface area contributed by atoms with Gasteiger partial charge in [-0.3, -0.25) is 0 Å². The Kier molecular flexibility index (Phi) is 4.58. The lowest BCUT2D eigenvalue weighted by Crippen LogP contribution is -3.14. The molecule has 2 nitrogen and oxygen atoms in total. The van der Waals surface area contributed by atoms with Crippen molar-refractivity contribution in [2.24, 2.45) is 0 Å². The molecule has 3 heteroatoms. The van der Waals surface area contributed by atoms with Gasteiger partial charge in [0.15, 0.2) is 0 Å². The Morgan fingerprint density at radius 2 is 1.93 bits per heavy atom. The zero-order valence-corrected chi connectivity index (χ0v) is 10.00. The predicted molar refractivity (Wildman–Crippen MR) is 56.4 cm³/mol. The van der Waals surface area contributed by atoms with Crippen molar-refractivity contribution in [2.75, 3.05) is 20.2 Å². The average Bonchev–Trinajstić information content (AvgIpc) is 2.23. The molecule has 1 unspecified atom stereocenters. The first-order valence-electron chi connectivity index (χ1n) is 5.28. The van der Waals surface area contributed by atoms with Gasteiger partial charge in [-0.1, -0.05) is 30.3 Å². The lowest BCUT2D eigenvalue weighted by atomic mass is 10.0. The quantitative estimate of drug-likeness (QED) is 0.568. The van der Waals surface area contributed by atoms with Gasteiger partial charge >= 0.3 is 0 Å². The molecule has 3 atom stereocenters. The molecule has 1 aromatic carbocycles. The van der Waals surface area contributed by atoms with Gasteiger partial charge in [0.2, 0.25) is 0 Å². The molecule has 1 aliphatic heterocycles. The van der Waals surface area contributed by atoms with E-state index >= 15 is 0 Å². The van der Waals surface area contributed by atoms with E-state index in [-0.39, 0.29) is 18.5 Å². The van der Waals surface area contributed by atoms with Crippen LogP contribution >= 0.6 is 0 Å². The van der Waals surface area contributed by atoms with Crippen molar-refractivity contribution in [3.05, 3.63) is 35.9 Å². The summed E-state index contributed by atoms with van der Waals surface area (Å²) in [5.74, 6) is 0. The fraction of sp³-hybridized carbons (Fsp3) is 0.500. The van der Waals surface area contributed by atoms with E-state index in [1.54, 1.807) is 4.90 Å². The second-order valence-electron chi connectivity index (χ2n) is 4.09. The van der Waals surface area contributed by atoms with Crippen molar-refractivity contribution in [1.82, 2.24) is 0 Å². The van der Waals surface area contributed by atoms with Crippen LogP contribution in [0.2, 0.25) is 0 Å². The Hall–Kier alpha value is -0.570. The van der Waals surface area contributed by atoms with Crippen LogP contribution in [0, 0.1) is 0 Å². The van der Waals surface area contributed by atoms with Crippen LogP contribution in [-0.2, 0) is 4.74 Å². The minimum atomic E-state index is 0. The summed E-state index contributed by atoms with van der Waals surface area (Å²) in [4.78, 5) is 1.56. The summed E-state index contributed by atoms with van der Waals surface area (Å²) in [7, 11) is 2.24. The maximum absolute atomic E-state index is 5.83. The summed E-state index contributed by atoms with van der Waals surface area (Å²) in [6, 6.07) is 11.1. The predicted octanol–water partition coefficient (Wildman–Crippen LogP) is -2.33. The first-order valence-corrected chi connectivity index (χ1v) is 5.28. The molecule has 1 N–H and O–H groups in total. The Morgan fingerprint density at radius 3 is 2.60 bits per heavy atom. The zero-order chi connectivity index (χ0) is 9.97. The van der Waals surface area contributed by atoms with Gasteiger partial charge in [0.25, 0.3) is 0 Å². The van der Waals surface area contributed by atoms with Crippen LogP contribution in [-0.4, -0.2) is 26.2 Å². The fourth-order valence-corrected chi connectivity index (χ4v) is 2.00. The monoisotopic (exact) mass is 227 g/mol. The van der Waals surface area contributed by atoms with Crippen LogP contribution < -0.4 is 17.3 Å². The van der Waals surface area contributed by atoms with Crippen molar-refractivity contribution in [2.45, 2.75) is 19.1 Å². The highest BCUT2D eigenvalue weighted by molar-refractivity contribution is 5.18. The van der Waals surface area contributed by atoms with Crippen LogP contribution in [0.3, 0.4) is 0 Å². The smallest absolute Gasteiger partial charge is 0.134 e. The van der Waals surface area contributed by atoms with Crippen molar-refractivity contribution < 1.29 is 22.0 Å².